The summed E-state index contributed by atoms with van der Waals surface area (Å²) < 4.78 is 0. The van der Waals surface area contributed by atoms with E-state index >= 15 is 0 Å². The van der Waals surface area contributed by atoms with Crippen LogP contribution in [0.4, 0.5) is 0 Å². The molecule has 0 fully saturated rings. The lowest BCUT2D eigenvalue weighted by Gasteiger charge is -2.09. The fourth-order valence-corrected chi connectivity index (χ4v) is 8.25. The first kappa shape index (κ1) is 37.2. The van der Waals surface area contributed by atoms with Crippen molar-refractivity contribution in [1.82, 2.24) is 0 Å². The van der Waals surface area contributed by atoms with Crippen molar-refractivity contribution in [2.24, 2.45) is 9.98 Å². The molecule has 278 valence electrons. The second-order valence-corrected chi connectivity index (χ2v) is 14.0. The van der Waals surface area contributed by atoms with Gasteiger partial charge >= 0.3 is 0 Å². The zero-order valence-corrected chi connectivity index (χ0v) is 31.6. The Kier molecular flexibility index (Phi) is 9.90. The number of carbonyl (C=O) groups excluding carboxylic acids is 4. The van der Waals surface area contributed by atoms with E-state index in [2.05, 4.69) is 23.5 Å². The Hall–Kier alpha value is -7.72. The van der Waals surface area contributed by atoms with Crippen molar-refractivity contribution in [1.29, 1.82) is 10.7 Å². The van der Waals surface area contributed by atoms with Gasteiger partial charge in [-0.15, -0.1) is 0 Å². The van der Waals surface area contributed by atoms with Crippen molar-refractivity contribution in [2.75, 3.05) is 0 Å². The molecule has 0 bridgehead atoms. The third-order valence-electron chi connectivity index (χ3n) is 10.8. The molecule has 2 aliphatic heterocycles. The van der Waals surface area contributed by atoms with Crippen molar-refractivity contribution < 1.29 is 19.2 Å². The molecule has 2 aliphatic carbocycles. The van der Waals surface area contributed by atoms with E-state index in [-0.39, 0.29) is 23.0 Å². The molecule has 8 heteroatoms. The molecule has 58 heavy (non-hydrogen) atoms. The summed E-state index contributed by atoms with van der Waals surface area (Å²) in [7, 11) is 0. The maximum Gasteiger partial charge on any atom is 0.288 e. The predicted molar refractivity (Wildman–Crippen MR) is 228 cm³/mol. The number of hydrogen-bond donors (Lipinski definition) is 1. The molecule has 0 radical (unpaired) electrons. The number of amides is 2. The van der Waals surface area contributed by atoms with Gasteiger partial charge in [0.1, 0.15) is 11.6 Å². The van der Waals surface area contributed by atoms with Gasteiger partial charge in [0.2, 0.25) is 0 Å². The molecule has 2 heterocycles. The lowest BCUT2D eigenvalue weighted by Crippen LogP contribution is -2.03. The molecule has 10 rings (SSSR count). The van der Waals surface area contributed by atoms with Gasteiger partial charge in [0.15, 0.2) is 11.6 Å². The zero-order valence-electron chi connectivity index (χ0n) is 31.6. The number of ketones is 2. The molecule has 1 N–H and O–H groups in total. The first-order valence-electron chi connectivity index (χ1n) is 19.0. The third kappa shape index (κ3) is 6.08. The highest BCUT2D eigenvalue weighted by molar-refractivity contribution is 6.51. The first-order chi connectivity index (χ1) is 28.3. The fourth-order valence-electron chi connectivity index (χ4n) is 8.25. The van der Waals surface area contributed by atoms with Gasteiger partial charge in [-0.1, -0.05) is 129 Å². The van der Waals surface area contributed by atoms with Gasteiger partial charge in [0.05, 0.1) is 11.4 Å². The van der Waals surface area contributed by atoms with Crippen molar-refractivity contribution in [3.63, 3.8) is 0 Å². The number of fused-ring (bicyclic) bond motifs is 6. The molecule has 2 amide bonds. The summed E-state index contributed by atoms with van der Waals surface area (Å²) in [6, 6.07) is 39.5. The molecule has 4 aliphatic rings. The standard InChI is InChI=1S/C26H21NO2.C22H10N2O2.C2H3N/c1-2-3-5-11-21-23-19-15-14-18(25(28)16-9-6-4-7-10-16)17-12-8-13-20(22(17)19)24(23)27-26(21)29;23-11-17-19-15-10-9-14(21(25)12-5-2-1-3-6-12)13-7-4-8-16(18(13)15)20(19)24-22(17)26;1-2-3/h4,6-10,12-15H,2-3,5,11H2,1H3;1-10H;3H,1H2. The van der Waals surface area contributed by atoms with E-state index in [1.165, 1.54) is 0 Å². The molecule has 0 aromatic heterocycles. The largest absolute Gasteiger partial charge is 0.289 e. The quantitative estimate of drug-likeness (QED) is 0.0936. The number of unbranched alkanes of at least 4 members (excludes halogenated alkanes) is 2. The topological polar surface area (TPSA) is 141 Å². The number of nitriles is 1. The van der Waals surface area contributed by atoms with Gasteiger partial charge in [-0.05, 0) is 70.1 Å². The van der Waals surface area contributed by atoms with Crippen LogP contribution in [0.25, 0.3) is 32.7 Å². The Labute approximate surface area is 334 Å². The van der Waals surface area contributed by atoms with Gasteiger partial charge in [-0.25, -0.2) is 9.98 Å². The molecule has 6 aromatic rings. The first-order valence-corrected chi connectivity index (χ1v) is 19.0. The lowest BCUT2D eigenvalue weighted by molar-refractivity contribution is -0.114. The number of carbonyl (C=O) groups is 4. The average Bonchev–Trinajstić information content (AvgIpc) is 3.96. The summed E-state index contributed by atoms with van der Waals surface area (Å²) in [5, 5.41) is 18.9. The van der Waals surface area contributed by atoms with E-state index in [1.807, 2.05) is 109 Å². The number of allylic oxidation sites excluding steroid dienone is 2. The van der Waals surface area contributed by atoms with Crippen LogP contribution in [-0.4, -0.2) is 40.7 Å². The Morgan fingerprint density at radius 3 is 1.60 bits per heavy atom. The van der Waals surface area contributed by atoms with Crippen LogP contribution in [-0.2, 0) is 9.59 Å². The summed E-state index contributed by atoms with van der Waals surface area (Å²) in [5.41, 5.74) is 9.98. The number of hydrogen-bond acceptors (Lipinski definition) is 6. The van der Waals surface area contributed by atoms with Crippen LogP contribution in [0.1, 0.15) is 86.7 Å². The smallest absolute Gasteiger partial charge is 0.288 e. The summed E-state index contributed by atoms with van der Waals surface area (Å²) >= 11 is 0. The van der Waals surface area contributed by atoms with Crippen LogP contribution in [0.5, 0.6) is 0 Å². The SMILES string of the molecule is C=C=N.CCCCCC1=C2C(=NC1=O)c1cccc3c(C(=O)c4ccccc4)ccc2c13.N#CC1=C2C(=NC1=O)c1cccc3c(C(=O)c4ccccc4)ccc2c13. The molecule has 6 aromatic carbocycles. The maximum absolute atomic E-state index is 13.1. The van der Waals surface area contributed by atoms with Crippen LogP contribution in [0.15, 0.2) is 149 Å². The number of aliphatic imine (C=N–C) groups is 2. The van der Waals surface area contributed by atoms with Crippen LogP contribution < -0.4 is 0 Å². The molecule has 0 saturated carbocycles. The Balaban J connectivity index is 0.000000153. The van der Waals surface area contributed by atoms with Gasteiger partial charge in [-0.2, -0.15) is 5.26 Å². The van der Waals surface area contributed by atoms with Gasteiger partial charge < -0.3 is 0 Å². The molecule has 0 atom stereocenters. The van der Waals surface area contributed by atoms with Crippen LogP contribution in [0.2, 0.25) is 0 Å². The minimum Gasteiger partial charge on any atom is -0.289 e. The van der Waals surface area contributed by atoms with Crippen molar-refractivity contribution in [3.05, 3.63) is 184 Å². The van der Waals surface area contributed by atoms with Crippen molar-refractivity contribution in [3.8, 4) is 6.07 Å². The van der Waals surface area contributed by atoms with Crippen LogP contribution in [0.3, 0.4) is 0 Å². The predicted octanol–water partition coefficient (Wildman–Crippen LogP) is 9.86. The second-order valence-electron chi connectivity index (χ2n) is 14.0. The molecular formula is C50H34N4O4. The Morgan fingerprint density at radius 1 is 0.621 bits per heavy atom. The highest BCUT2D eigenvalue weighted by atomic mass is 16.2. The summed E-state index contributed by atoms with van der Waals surface area (Å²) in [5.74, 6) is 1.11. The minimum absolute atomic E-state index is 0.0153. The Morgan fingerprint density at radius 2 is 1.10 bits per heavy atom. The molecule has 0 saturated heterocycles. The normalized spacial score (nSPS) is 13.9. The van der Waals surface area contributed by atoms with E-state index in [9.17, 15) is 24.4 Å². The molecule has 0 spiro atoms. The van der Waals surface area contributed by atoms with E-state index < -0.39 is 5.91 Å². The number of nitrogens with one attached hydrogen (secondary N) is 1. The fraction of sp³-hybridized carbons (Fsp3) is 0.100. The lowest BCUT2D eigenvalue weighted by atomic mass is 9.93. The number of nitrogens with zero attached hydrogens (tertiary/aromatic N) is 3. The zero-order chi connectivity index (χ0) is 40.5. The molecule has 8 nitrogen and oxygen atoms in total. The number of benzene rings is 6. The number of rotatable bonds is 8. The van der Waals surface area contributed by atoms with E-state index in [1.54, 1.807) is 24.1 Å². The van der Waals surface area contributed by atoms with Gasteiger partial charge in [0, 0.05) is 50.1 Å². The maximum atomic E-state index is 13.1. The van der Waals surface area contributed by atoms with E-state index in [0.717, 1.165) is 86.3 Å². The van der Waals surface area contributed by atoms with Crippen LogP contribution >= 0.6 is 0 Å². The van der Waals surface area contributed by atoms with Crippen molar-refractivity contribution >= 4 is 73.4 Å². The highest BCUT2D eigenvalue weighted by Gasteiger charge is 2.37. The molecular weight excluding hydrogens is 721 g/mol. The average molecular weight is 755 g/mol. The third-order valence-corrected chi connectivity index (χ3v) is 10.8. The van der Waals surface area contributed by atoms with Gasteiger partial charge in [0.25, 0.3) is 11.8 Å². The minimum atomic E-state index is -0.496. The van der Waals surface area contributed by atoms with Gasteiger partial charge in [-0.3, -0.25) is 24.6 Å². The highest BCUT2D eigenvalue weighted by Crippen LogP contribution is 2.46. The molecule has 0 unspecified atom stereocenters. The second kappa shape index (κ2) is 15.4. The van der Waals surface area contributed by atoms with Crippen molar-refractivity contribution in [2.45, 2.75) is 32.6 Å². The van der Waals surface area contributed by atoms with Crippen LogP contribution in [0, 0.1) is 16.7 Å². The summed E-state index contributed by atoms with van der Waals surface area (Å²) in [6.45, 7) is 5.06. The summed E-state index contributed by atoms with van der Waals surface area (Å²) in [6.07, 6.45) is 3.97. The monoisotopic (exact) mass is 754 g/mol. The van der Waals surface area contributed by atoms with E-state index in [4.69, 9.17) is 5.41 Å². The summed E-state index contributed by atoms with van der Waals surface area (Å²) in [4.78, 5) is 59.1. The Bertz CT molecular complexity index is 2990. The van der Waals surface area contributed by atoms with E-state index in [0.29, 0.717) is 33.5 Å².